The summed E-state index contributed by atoms with van der Waals surface area (Å²) in [4.78, 5) is 11.6. The highest BCUT2D eigenvalue weighted by Crippen LogP contribution is 2.31. The molecule has 0 radical (unpaired) electrons. The zero-order chi connectivity index (χ0) is 21.2. The third-order valence-electron chi connectivity index (χ3n) is 3.84. The molecule has 29 heavy (non-hydrogen) atoms. The second-order valence-electron chi connectivity index (χ2n) is 5.96. The zero-order valence-corrected chi connectivity index (χ0v) is 15.6. The van der Waals surface area contributed by atoms with Crippen LogP contribution in [0.4, 0.5) is 24.5 Å². The minimum atomic E-state index is -4.67. The lowest BCUT2D eigenvalue weighted by Gasteiger charge is -2.12. The molecule has 0 spiro atoms. The van der Waals surface area contributed by atoms with E-state index in [4.69, 9.17) is 4.52 Å². The van der Waals surface area contributed by atoms with Crippen LogP contribution in [0, 0.1) is 6.92 Å². The van der Waals surface area contributed by atoms with Crippen molar-refractivity contribution in [1.29, 1.82) is 0 Å². The van der Waals surface area contributed by atoms with E-state index >= 15 is 0 Å². The van der Waals surface area contributed by atoms with Gasteiger partial charge in [-0.2, -0.15) is 13.2 Å². The average Bonchev–Trinajstić information content (AvgIpc) is 3.07. The summed E-state index contributed by atoms with van der Waals surface area (Å²) in [6.07, 6.45) is -3.43. The van der Waals surface area contributed by atoms with Crippen molar-refractivity contribution in [2.75, 3.05) is 10.0 Å². The molecule has 2 aromatic carbocycles. The number of hydrogen-bond acceptors (Lipinski definition) is 5. The number of sulfonamides is 1. The average molecular weight is 425 g/mol. The van der Waals surface area contributed by atoms with E-state index in [1.165, 1.54) is 30.5 Å². The van der Waals surface area contributed by atoms with Gasteiger partial charge in [0.15, 0.2) is 0 Å². The fourth-order valence-corrected chi connectivity index (χ4v) is 3.52. The fraction of sp³-hybridized carbons (Fsp3) is 0.111. The summed E-state index contributed by atoms with van der Waals surface area (Å²) in [6.45, 7) is 1.56. The molecule has 1 heterocycles. The molecular weight excluding hydrogens is 411 g/mol. The van der Waals surface area contributed by atoms with Crippen LogP contribution in [0.5, 0.6) is 0 Å². The number of amides is 1. The van der Waals surface area contributed by atoms with Crippen LogP contribution in [0.3, 0.4) is 0 Å². The third kappa shape index (κ3) is 4.74. The van der Waals surface area contributed by atoms with Crippen molar-refractivity contribution >= 4 is 27.3 Å². The number of hydrogen-bond donors (Lipinski definition) is 2. The van der Waals surface area contributed by atoms with Crippen molar-refractivity contribution in [3.63, 3.8) is 0 Å². The van der Waals surface area contributed by atoms with Gasteiger partial charge >= 0.3 is 6.18 Å². The third-order valence-corrected chi connectivity index (χ3v) is 5.22. The van der Waals surface area contributed by atoms with Gasteiger partial charge in [0.05, 0.1) is 22.3 Å². The van der Waals surface area contributed by atoms with E-state index in [0.717, 1.165) is 18.2 Å². The molecule has 0 aliphatic rings. The topological polar surface area (TPSA) is 101 Å². The van der Waals surface area contributed by atoms with Crippen LogP contribution in [-0.2, 0) is 16.2 Å². The van der Waals surface area contributed by atoms with Gasteiger partial charge in [-0.25, -0.2) is 8.42 Å². The second kappa shape index (κ2) is 7.59. The largest absolute Gasteiger partial charge is 0.416 e. The van der Waals surface area contributed by atoms with Gasteiger partial charge in [-0.1, -0.05) is 17.3 Å². The lowest BCUT2D eigenvalue weighted by molar-refractivity contribution is -0.137. The fourth-order valence-electron chi connectivity index (χ4n) is 2.43. The van der Waals surface area contributed by atoms with Crippen LogP contribution < -0.4 is 10.0 Å². The van der Waals surface area contributed by atoms with E-state index in [-0.39, 0.29) is 16.9 Å². The molecule has 0 aliphatic heterocycles. The summed E-state index contributed by atoms with van der Waals surface area (Å²) in [6, 6.07) is 9.10. The summed E-state index contributed by atoms with van der Waals surface area (Å²) in [7, 11) is -4.28. The molecule has 0 atom stereocenters. The number of benzene rings is 2. The Morgan fingerprint density at radius 1 is 1.07 bits per heavy atom. The van der Waals surface area contributed by atoms with Gasteiger partial charge in [-0.3, -0.25) is 9.52 Å². The number of nitrogens with one attached hydrogen (secondary N) is 2. The highest BCUT2D eigenvalue weighted by molar-refractivity contribution is 7.92. The molecule has 3 aromatic rings. The Kier molecular flexibility index (Phi) is 5.33. The number of rotatable bonds is 5. The lowest BCUT2D eigenvalue weighted by Crippen LogP contribution is -2.15. The van der Waals surface area contributed by atoms with Gasteiger partial charge in [0, 0.05) is 5.69 Å². The molecule has 7 nitrogen and oxygen atoms in total. The SMILES string of the molecule is Cc1oncc1C(=O)Nc1cccc(NS(=O)(=O)c2cccc(C(F)(F)F)c2)c1. The molecule has 0 fully saturated rings. The second-order valence-corrected chi connectivity index (χ2v) is 7.64. The maximum Gasteiger partial charge on any atom is 0.416 e. The van der Waals surface area contributed by atoms with Gasteiger partial charge in [0.25, 0.3) is 15.9 Å². The molecule has 2 N–H and O–H groups in total. The van der Waals surface area contributed by atoms with E-state index in [1.807, 2.05) is 0 Å². The van der Waals surface area contributed by atoms with Crippen LogP contribution >= 0.6 is 0 Å². The van der Waals surface area contributed by atoms with Crippen molar-refractivity contribution in [3.05, 3.63) is 71.6 Å². The standard InChI is InChI=1S/C18H14F3N3O4S/c1-11-16(10-22-28-11)17(25)23-13-5-3-6-14(9-13)24-29(26,27)15-7-2-4-12(8-15)18(19,20)21/h2-10,24H,1H3,(H,23,25). The van der Waals surface area contributed by atoms with Crippen molar-refractivity contribution in [1.82, 2.24) is 5.16 Å². The number of carbonyl (C=O) groups excluding carboxylic acids is 1. The summed E-state index contributed by atoms with van der Waals surface area (Å²) in [5.41, 5.74) is -0.549. The molecule has 0 saturated carbocycles. The van der Waals surface area contributed by atoms with Gasteiger partial charge in [0.1, 0.15) is 11.3 Å². The predicted molar refractivity (Wildman–Crippen MR) is 97.9 cm³/mol. The van der Waals surface area contributed by atoms with E-state index in [0.29, 0.717) is 11.8 Å². The van der Waals surface area contributed by atoms with Gasteiger partial charge in [0.2, 0.25) is 0 Å². The number of aryl methyl sites for hydroxylation is 1. The molecule has 152 valence electrons. The van der Waals surface area contributed by atoms with Crippen LogP contribution in [0.2, 0.25) is 0 Å². The minimum Gasteiger partial charge on any atom is -0.361 e. The van der Waals surface area contributed by atoms with Crippen molar-refractivity contribution in [2.45, 2.75) is 18.0 Å². The van der Waals surface area contributed by atoms with E-state index in [1.54, 1.807) is 6.92 Å². The Hall–Kier alpha value is -3.34. The summed E-state index contributed by atoms with van der Waals surface area (Å²) in [5.74, 6) is -0.203. The molecule has 1 amide bonds. The maximum atomic E-state index is 12.8. The van der Waals surface area contributed by atoms with Gasteiger partial charge in [-0.15, -0.1) is 0 Å². The minimum absolute atomic E-state index is 0.0576. The Balaban J connectivity index is 1.81. The van der Waals surface area contributed by atoms with Crippen LogP contribution in [0.1, 0.15) is 21.7 Å². The number of nitrogens with zero attached hydrogens (tertiary/aromatic N) is 1. The Morgan fingerprint density at radius 3 is 2.41 bits per heavy atom. The van der Waals surface area contributed by atoms with Gasteiger partial charge in [-0.05, 0) is 43.3 Å². The first-order chi connectivity index (χ1) is 13.6. The van der Waals surface area contributed by atoms with Crippen molar-refractivity contribution in [3.8, 4) is 0 Å². The zero-order valence-electron chi connectivity index (χ0n) is 14.8. The number of carbonyl (C=O) groups is 1. The quantitative estimate of drug-likeness (QED) is 0.642. The van der Waals surface area contributed by atoms with E-state index in [9.17, 15) is 26.4 Å². The van der Waals surface area contributed by atoms with Gasteiger partial charge < -0.3 is 9.84 Å². The molecule has 1 aromatic heterocycles. The number of alkyl halides is 3. The Morgan fingerprint density at radius 2 is 1.76 bits per heavy atom. The van der Waals surface area contributed by atoms with Crippen molar-refractivity contribution in [2.24, 2.45) is 0 Å². The molecule has 11 heteroatoms. The van der Waals surface area contributed by atoms with Crippen LogP contribution in [0.15, 0.2) is 64.1 Å². The predicted octanol–water partition coefficient (Wildman–Crippen LogP) is 4.05. The molecule has 0 saturated heterocycles. The molecule has 0 bridgehead atoms. The monoisotopic (exact) mass is 425 g/mol. The Labute approximate surface area is 163 Å². The molecule has 3 rings (SSSR count). The molecule has 0 unspecified atom stereocenters. The first kappa shape index (κ1) is 20.4. The summed E-state index contributed by atoms with van der Waals surface area (Å²) in [5, 5.41) is 6.06. The van der Waals surface area contributed by atoms with E-state index in [2.05, 4.69) is 15.2 Å². The lowest BCUT2D eigenvalue weighted by atomic mass is 10.2. The first-order valence-electron chi connectivity index (χ1n) is 8.09. The summed E-state index contributed by atoms with van der Waals surface area (Å²) >= 11 is 0. The van der Waals surface area contributed by atoms with E-state index < -0.39 is 32.6 Å². The normalized spacial score (nSPS) is 11.9. The number of halogens is 3. The Bertz CT molecular complexity index is 1160. The maximum absolute atomic E-state index is 12.8. The number of anilines is 2. The highest BCUT2D eigenvalue weighted by atomic mass is 32.2. The van der Waals surface area contributed by atoms with Crippen LogP contribution in [0.25, 0.3) is 0 Å². The first-order valence-corrected chi connectivity index (χ1v) is 9.57. The summed E-state index contributed by atoms with van der Waals surface area (Å²) < 4.78 is 70.4. The number of aromatic nitrogens is 1. The smallest absolute Gasteiger partial charge is 0.361 e. The van der Waals surface area contributed by atoms with Crippen LogP contribution in [-0.4, -0.2) is 19.5 Å². The highest BCUT2D eigenvalue weighted by Gasteiger charge is 2.31. The molecular formula is C18H14F3N3O4S. The van der Waals surface area contributed by atoms with Crippen molar-refractivity contribution < 1.29 is 30.9 Å². The molecule has 0 aliphatic carbocycles.